The summed E-state index contributed by atoms with van der Waals surface area (Å²) >= 11 is 0. The zero-order valence-electron chi connectivity index (χ0n) is 24.4. The van der Waals surface area contributed by atoms with Gasteiger partial charge in [-0.3, -0.25) is 19.3 Å². The van der Waals surface area contributed by atoms with Gasteiger partial charge in [-0.25, -0.2) is 0 Å². The van der Waals surface area contributed by atoms with Gasteiger partial charge in [0.25, 0.3) is 5.91 Å². The van der Waals surface area contributed by atoms with E-state index >= 15 is 0 Å². The number of phenolic OH excluding ortho intramolecular Hbond substituents is 1. The molecule has 0 spiro atoms. The number of carbonyl (C=O) groups excluding carboxylic acids is 3. The van der Waals surface area contributed by atoms with Crippen LogP contribution >= 0.6 is 0 Å². The van der Waals surface area contributed by atoms with Crippen molar-refractivity contribution >= 4 is 17.5 Å². The summed E-state index contributed by atoms with van der Waals surface area (Å²) in [6, 6.07) is 8.65. The first-order valence-electron chi connectivity index (χ1n) is 13.9. The summed E-state index contributed by atoms with van der Waals surface area (Å²) in [5.41, 5.74) is 11.0. The number of Topliss-reactive ketones (excluding diaryl/α,β-unsaturated/α-hetero) is 2. The van der Waals surface area contributed by atoms with Crippen molar-refractivity contribution in [1.29, 1.82) is 0 Å². The highest BCUT2D eigenvalue weighted by Crippen LogP contribution is 2.53. The van der Waals surface area contributed by atoms with E-state index in [1.807, 2.05) is 24.3 Å². The number of rotatable bonds is 4. The topological polar surface area (TPSA) is 187 Å². The fraction of sp³-hybridized carbons (Fsp3) is 0.406. The van der Waals surface area contributed by atoms with Crippen molar-refractivity contribution in [2.75, 3.05) is 14.1 Å². The summed E-state index contributed by atoms with van der Waals surface area (Å²) in [7, 11) is 3.19. The predicted octanol–water partition coefficient (Wildman–Crippen LogP) is 2.54. The number of aliphatic hydroxyl groups is 3. The normalized spacial score (nSPS) is 25.9. The highest BCUT2D eigenvalue weighted by molar-refractivity contribution is 6.25. The Morgan fingerprint density at radius 2 is 1.71 bits per heavy atom. The Morgan fingerprint density at radius 1 is 1.10 bits per heavy atom. The van der Waals surface area contributed by atoms with Gasteiger partial charge in [0.1, 0.15) is 22.8 Å². The fourth-order valence-corrected chi connectivity index (χ4v) is 6.94. The Balaban J connectivity index is 1.73. The van der Waals surface area contributed by atoms with E-state index in [0.29, 0.717) is 16.7 Å². The standard InChI is InChI=1S/C32H37N3O7/c1-31(2,3)17-8-6-14(7-9-17)18-11-16(13-33)25(36)22-19(18)10-15-12-20-24(35(4)5)27(38)23(30(34)41)29(40)32(20,42)28(39)21(15)26(22)37/h6-9,11,15,20,24,36,38-39,42H,10,12-13,33H2,1-5H3,(H2,34,41)/t15-,20-,24-,32-/m0/s1. The van der Waals surface area contributed by atoms with Crippen LogP contribution in [0.3, 0.4) is 0 Å². The summed E-state index contributed by atoms with van der Waals surface area (Å²) in [4.78, 5) is 41.3. The Labute approximate surface area is 243 Å². The zero-order chi connectivity index (χ0) is 31.0. The minimum atomic E-state index is -2.68. The van der Waals surface area contributed by atoms with Gasteiger partial charge in [0.15, 0.2) is 11.4 Å². The lowest BCUT2D eigenvalue weighted by Gasteiger charge is -2.50. The summed E-state index contributed by atoms with van der Waals surface area (Å²) < 4.78 is 0. The lowest BCUT2D eigenvalue weighted by Crippen LogP contribution is -2.63. The molecular weight excluding hydrogens is 538 g/mol. The van der Waals surface area contributed by atoms with E-state index in [-0.39, 0.29) is 41.7 Å². The summed E-state index contributed by atoms with van der Waals surface area (Å²) in [5, 5.41) is 45.5. The van der Waals surface area contributed by atoms with Crippen LogP contribution in [0, 0.1) is 11.8 Å². The number of hydrogen-bond donors (Lipinski definition) is 6. The molecule has 0 aliphatic heterocycles. The first-order valence-corrected chi connectivity index (χ1v) is 13.9. The number of aliphatic hydroxyl groups excluding tert-OH is 2. The smallest absolute Gasteiger partial charge is 0.255 e. The molecule has 8 N–H and O–H groups in total. The number of carbonyl (C=O) groups is 3. The number of likely N-dealkylation sites (N-methyl/N-ethyl adjacent to an activating group) is 1. The van der Waals surface area contributed by atoms with E-state index < -0.39 is 58.0 Å². The van der Waals surface area contributed by atoms with Crippen LogP contribution in [-0.4, -0.2) is 68.5 Å². The molecular formula is C32H37N3O7. The molecule has 5 rings (SSSR count). The molecule has 0 unspecified atom stereocenters. The summed E-state index contributed by atoms with van der Waals surface area (Å²) in [5.74, 6) is -6.83. The fourth-order valence-electron chi connectivity index (χ4n) is 6.94. The number of nitrogens with two attached hydrogens (primary N) is 2. The lowest BCUT2D eigenvalue weighted by atomic mass is 9.58. The largest absolute Gasteiger partial charge is 0.510 e. The molecule has 42 heavy (non-hydrogen) atoms. The molecule has 10 nitrogen and oxygen atoms in total. The molecule has 0 bridgehead atoms. The SMILES string of the molecule is CN(C)[C@@H]1C(O)=C(C(N)=O)C(=O)[C@@]2(O)C(O)=C3C(=O)c4c(O)c(CN)cc(-c5ccc(C(C)(C)C)cc5)c4C[C@H]3C[C@@H]12. The van der Waals surface area contributed by atoms with Gasteiger partial charge in [0.05, 0.1) is 11.6 Å². The molecule has 0 heterocycles. The summed E-state index contributed by atoms with van der Waals surface area (Å²) in [6.07, 6.45) is 0.219. The minimum absolute atomic E-state index is 0.0214. The predicted molar refractivity (Wildman–Crippen MR) is 156 cm³/mol. The minimum Gasteiger partial charge on any atom is -0.510 e. The van der Waals surface area contributed by atoms with Gasteiger partial charge < -0.3 is 31.9 Å². The average Bonchev–Trinajstić information content (AvgIpc) is 2.90. The van der Waals surface area contributed by atoms with Gasteiger partial charge >= 0.3 is 0 Å². The van der Waals surface area contributed by atoms with Crippen LogP contribution in [0.2, 0.25) is 0 Å². The zero-order valence-corrected chi connectivity index (χ0v) is 24.4. The van der Waals surface area contributed by atoms with Crippen molar-refractivity contribution in [3.8, 4) is 16.9 Å². The number of amides is 1. The molecule has 2 aromatic rings. The second-order valence-corrected chi connectivity index (χ2v) is 12.8. The lowest BCUT2D eigenvalue weighted by molar-refractivity contribution is -0.148. The molecule has 3 aliphatic carbocycles. The number of allylic oxidation sites excluding steroid dienone is 1. The molecule has 10 heteroatoms. The monoisotopic (exact) mass is 575 g/mol. The molecule has 0 radical (unpaired) electrons. The number of ketones is 2. The van der Waals surface area contributed by atoms with E-state index in [1.165, 1.54) is 4.90 Å². The average molecular weight is 576 g/mol. The highest BCUT2D eigenvalue weighted by atomic mass is 16.3. The van der Waals surface area contributed by atoms with E-state index in [4.69, 9.17) is 11.5 Å². The Bertz CT molecular complexity index is 1600. The van der Waals surface area contributed by atoms with Crippen molar-refractivity contribution in [3.63, 3.8) is 0 Å². The van der Waals surface area contributed by atoms with E-state index in [0.717, 1.165) is 11.1 Å². The third kappa shape index (κ3) is 4.08. The van der Waals surface area contributed by atoms with Gasteiger partial charge in [0, 0.05) is 23.6 Å². The first-order chi connectivity index (χ1) is 19.5. The Kier molecular flexibility index (Phi) is 6.88. The molecule has 3 aliphatic rings. The number of benzene rings is 2. The molecule has 0 fully saturated rings. The molecule has 2 aromatic carbocycles. The quantitative estimate of drug-likeness (QED) is 0.298. The highest BCUT2D eigenvalue weighted by Gasteiger charge is 2.63. The number of nitrogens with zero attached hydrogens (tertiary/aromatic N) is 1. The molecule has 222 valence electrons. The van der Waals surface area contributed by atoms with Crippen molar-refractivity contribution < 1.29 is 34.8 Å². The van der Waals surface area contributed by atoms with E-state index in [2.05, 4.69) is 20.8 Å². The van der Waals surface area contributed by atoms with E-state index in [1.54, 1.807) is 20.2 Å². The van der Waals surface area contributed by atoms with Crippen molar-refractivity contribution in [2.45, 2.75) is 57.2 Å². The number of primary amides is 1. The third-order valence-electron chi connectivity index (χ3n) is 9.08. The van der Waals surface area contributed by atoms with Gasteiger partial charge in [-0.15, -0.1) is 0 Å². The van der Waals surface area contributed by atoms with Gasteiger partial charge in [-0.1, -0.05) is 45.0 Å². The van der Waals surface area contributed by atoms with Crippen LogP contribution in [-0.2, 0) is 28.0 Å². The second kappa shape index (κ2) is 9.79. The van der Waals surface area contributed by atoms with Crippen molar-refractivity contribution in [1.82, 2.24) is 4.90 Å². The number of phenols is 1. The van der Waals surface area contributed by atoms with Gasteiger partial charge in [-0.2, -0.15) is 0 Å². The van der Waals surface area contributed by atoms with E-state index in [9.17, 15) is 34.8 Å². The van der Waals surface area contributed by atoms with Crippen LogP contribution in [0.1, 0.15) is 54.2 Å². The summed E-state index contributed by atoms with van der Waals surface area (Å²) in [6.45, 7) is 6.26. The molecule has 4 atom stereocenters. The van der Waals surface area contributed by atoms with Crippen molar-refractivity contribution in [3.05, 3.63) is 75.3 Å². The number of hydrogen-bond acceptors (Lipinski definition) is 9. The van der Waals surface area contributed by atoms with Crippen LogP contribution in [0.15, 0.2) is 53.0 Å². The van der Waals surface area contributed by atoms with Gasteiger partial charge in [0.2, 0.25) is 5.78 Å². The number of fused-ring (bicyclic) bond motifs is 3. The molecule has 0 saturated carbocycles. The molecule has 0 saturated heterocycles. The maximum absolute atomic E-state index is 14.1. The molecule has 1 amide bonds. The maximum atomic E-state index is 14.1. The van der Waals surface area contributed by atoms with Crippen LogP contribution in [0.4, 0.5) is 0 Å². The van der Waals surface area contributed by atoms with Crippen LogP contribution in [0.5, 0.6) is 5.75 Å². The van der Waals surface area contributed by atoms with Crippen LogP contribution in [0.25, 0.3) is 11.1 Å². The van der Waals surface area contributed by atoms with Crippen LogP contribution < -0.4 is 11.5 Å². The maximum Gasteiger partial charge on any atom is 0.255 e. The third-order valence-corrected chi connectivity index (χ3v) is 9.08. The first kappa shape index (κ1) is 29.5. The Morgan fingerprint density at radius 3 is 2.24 bits per heavy atom. The Hall–Kier alpha value is -3.99. The second-order valence-electron chi connectivity index (χ2n) is 12.8. The van der Waals surface area contributed by atoms with Crippen molar-refractivity contribution in [2.24, 2.45) is 23.3 Å². The van der Waals surface area contributed by atoms with Gasteiger partial charge in [-0.05, 0) is 66.6 Å². The number of aromatic hydroxyl groups is 1. The molecule has 0 aromatic heterocycles.